The Hall–Kier alpha value is -1.16. The molecule has 2 fully saturated rings. The molecule has 4 nitrogen and oxygen atoms in total. The van der Waals surface area contributed by atoms with Crippen LogP contribution in [-0.4, -0.2) is 24.4 Å². The maximum absolute atomic E-state index is 12.6. The predicted octanol–water partition coefficient (Wildman–Crippen LogP) is 2.75. The Morgan fingerprint density at radius 1 is 1.27 bits per heavy atom. The highest BCUT2D eigenvalue weighted by molar-refractivity contribution is 5.88. The fourth-order valence-corrected chi connectivity index (χ4v) is 5.28. The normalized spacial score (nSPS) is 38.0. The van der Waals surface area contributed by atoms with Crippen LogP contribution in [-0.2, 0) is 14.3 Å². The van der Waals surface area contributed by atoms with Crippen LogP contribution in [0.1, 0.15) is 58.8 Å². The number of Topliss-reactive ketones (excluding diaryl/α,β-unsaturated/α-hetero) is 1. The lowest BCUT2D eigenvalue weighted by Crippen LogP contribution is -2.61. The minimum atomic E-state index is -0.627. The van der Waals surface area contributed by atoms with E-state index in [0.717, 1.165) is 37.7 Å². The summed E-state index contributed by atoms with van der Waals surface area (Å²) in [6.45, 7) is 4.32. The van der Waals surface area contributed by atoms with Crippen molar-refractivity contribution in [2.45, 2.75) is 64.3 Å². The SMILES string of the molecule is COC(=O)C12CCC(C(C)C)=C1C1(N)CCCC(=O)C1CC2. The summed E-state index contributed by atoms with van der Waals surface area (Å²) < 4.78 is 5.16. The van der Waals surface area contributed by atoms with E-state index in [1.54, 1.807) is 0 Å². The molecule has 0 aliphatic heterocycles. The van der Waals surface area contributed by atoms with Crippen molar-refractivity contribution in [2.75, 3.05) is 7.11 Å². The van der Waals surface area contributed by atoms with E-state index < -0.39 is 11.0 Å². The molecule has 0 bridgehead atoms. The van der Waals surface area contributed by atoms with Gasteiger partial charge in [0.2, 0.25) is 0 Å². The Kier molecular flexibility index (Phi) is 3.71. The number of carbonyl (C=O) groups is 2. The lowest BCUT2D eigenvalue weighted by molar-refractivity contribution is -0.154. The highest BCUT2D eigenvalue weighted by atomic mass is 16.5. The molecule has 0 radical (unpaired) electrons. The molecule has 0 amide bonds. The second-order valence-corrected chi connectivity index (χ2v) is 7.58. The molecule has 3 aliphatic carbocycles. The molecule has 0 aromatic carbocycles. The lowest BCUT2D eigenvalue weighted by Gasteiger charge is -2.52. The van der Waals surface area contributed by atoms with Crippen molar-refractivity contribution in [3.63, 3.8) is 0 Å². The van der Waals surface area contributed by atoms with Gasteiger partial charge < -0.3 is 10.5 Å². The largest absolute Gasteiger partial charge is 0.468 e. The molecule has 3 atom stereocenters. The summed E-state index contributed by atoms with van der Waals surface area (Å²) in [5.74, 6) is 0.382. The Labute approximate surface area is 132 Å². The van der Waals surface area contributed by atoms with Gasteiger partial charge in [0, 0.05) is 17.9 Å². The van der Waals surface area contributed by atoms with Crippen molar-refractivity contribution in [1.82, 2.24) is 0 Å². The van der Waals surface area contributed by atoms with Crippen LogP contribution in [0.3, 0.4) is 0 Å². The Bertz CT molecular complexity index is 551. The van der Waals surface area contributed by atoms with Gasteiger partial charge in [0.25, 0.3) is 0 Å². The van der Waals surface area contributed by atoms with E-state index in [9.17, 15) is 9.59 Å². The first-order chi connectivity index (χ1) is 10.4. The van der Waals surface area contributed by atoms with Gasteiger partial charge >= 0.3 is 5.97 Å². The fourth-order valence-electron chi connectivity index (χ4n) is 5.28. The van der Waals surface area contributed by atoms with Crippen LogP contribution < -0.4 is 5.73 Å². The highest BCUT2D eigenvalue weighted by Crippen LogP contribution is 2.60. The van der Waals surface area contributed by atoms with Gasteiger partial charge in [0.15, 0.2) is 0 Å². The molecule has 3 aliphatic rings. The topological polar surface area (TPSA) is 69.4 Å². The summed E-state index contributed by atoms with van der Waals surface area (Å²) >= 11 is 0. The molecule has 4 heteroatoms. The third-order valence-electron chi connectivity index (χ3n) is 6.24. The number of carbonyl (C=O) groups excluding carboxylic acids is 2. The number of nitrogens with two attached hydrogens (primary N) is 1. The maximum atomic E-state index is 12.6. The van der Waals surface area contributed by atoms with Crippen molar-refractivity contribution in [3.05, 3.63) is 11.1 Å². The summed E-state index contributed by atoms with van der Waals surface area (Å²) in [4.78, 5) is 25.1. The van der Waals surface area contributed by atoms with Gasteiger partial charge in [-0.2, -0.15) is 0 Å². The van der Waals surface area contributed by atoms with Crippen molar-refractivity contribution in [1.29, 1.82) is 0 Å². The average molecular weight is 305 g/mol. The van der Waals surface area contributed by atoms with Crippen molar-refractivity contribution >= 4 is 11.8 Å². The van der Waals surface area contributed by atoms with Crippen LogP contribution in [0.25, 0.3) is 0 Å². The lowest BCUT2D eigenvalue weighted by atomic mass is 9.54. The molecule has 0 heterocycles. The summed E-state index contributed by atoms with van der Waals surface area (Å²) in [5, 5.41) is 0. The number of allylic oxidation sites excluding steroid dienone is 1. The van der Waals surface area contributed by atoms with Gasteiger partial charge in [-0.1, -0.05) is 19.4 Å². The third-order valence-corrected chi connectivity index (χ3v) is 6.24. The minimum absolute atomic E-state index is 0.110. The van der Waals surface area contributed by atoms with Crippen LogP contribution in [0.2, 0.25) is 0 Å². The summed E-state index contributed by atoms with van der Waals surface area (Å²) in [7, 11) is 1.46. The molecule has 2 N–H and O–H groups in total. The van der Waals surface area contributed by atoms with E-state index in [2.05, 4.69) is 13.8 Å². The van der Waals surface area contributed by atoms with E-state index in [-0.39, 0.29) is 17.7 Å². The van der Waals surface area contributed by atoms with Gasteiger partial charge in [0.1, 0.15) is 5.78 Å². The number of rotatable bonds is 2. The standard InChI is InChI=1S/C18H27NO3/c1-11(2)12-6-9-17(16(21)22-3)10-7-13-14(20)5-4-8-18(13,19)15(12)17/h11,13H,4-10,19H2,1-3H3. The summed E-state index contributed by atoms with van der Waals surface area (Å²) in [5.41, 5.74) is 8.03. The second kappa shape index (κ2) is 5.19. The number of ether oxygens (including phenoxy) is 1. The molecule has 0 aromatic heterocycles. The second-order valence-electron chi connectivity index (χ2n) is 7.58. The van der Waals surface area contributed by atoms with Crippen molar-refractivity contribution < 1.29 is 14.3 Å². The number of hydrogen-bond donors (Lipinski definition) is 1. The zero-order chi connectivity index (χ0) is 16.1. The Balaban J connectivity index is 2.18. The fraction of sp³-hybridized carbons (Fsp3) is 0.778. The summed E-state index contributed by atoms with van der Waals surface area (Å²) in [6, 6.07) is 0. The van der Waals surface area contributed by atoms with Crippen molar-refractivity contribution in [3.8, 4) is 0 Å². The van der Waals surface area contributed by atoms with Gasteiger partial charge in [-0.25, -0.2) is 0 Å². The van der Waals surface area contributed by atoms with Gasteiger partial charge in [0.05, 0.1) is 12.5 Å². The zero-order valence-corrected chi connectivity index (χ0v) is 13.9. The third kappa shape index (κ3) is 1.92. The monoisotopic (exact) mass is 305 g/mol. The van der Waals surface area contributed by atoms with E-state index >= 15 is 0 Å². The number of esters is 1. The van der Waals surface area contributed by atoms with Crippen LogP contribution in [0.15, 0.2) is 11.1 Å². The van der Waals surface area contributed by atoms with Gasteiger partial charge in [-0.15, -0.1) is 0 Å². The molecular weight excluding hydrogens is 278 g/mol. The molecule has 2 saturated carbocycles. The molecular formula is C18H27NO3. The van der Waals surface area contributed by atoms with Crippen LogP contribution in [0.5, 0.6) is 0 Å². The van der Waals surface area contributed by atoms with E-state index in [4.69, 9.17) is 10.5 Å². The number of ketones is 1. The first-order valence-electron chi connectivity index (χ1n) is 8.51. The van der Waals surface area contributed by atoms with E-state index in [0.29, 0.717) is 18.8 Å². The number of hydrogen-bond acceptors (Lipinski definition) is 4. The average Bonchev–Trinajstić information content (AvgIpc) is 2.88. The van der Waals surface area contributed by atoms with E-state index in [1.165, 1.54) is 12.7 Å². The predicted molar refractivity (Wildman–Crippen MR) is 84.0 cm³/mol. The molecule has 0 saturated heterocycles. The molecule has 122 valence electrons. The number of methoxy groups -OCH3 is 1. The van der Waals surface area contributed by atoms with Gasteiger partial charge in [-0.05, 0) is 50.0 Å². The van der Waals surface area contributed by atoms with Crippen molar-refractivity contribution in [2.24, 2.45) is 23.0 Å². The molecule has 0 spiro atoms. The van der Waals surface area contributed by atoms with Crippen LogP contribution in [0, 0.1) is 17.3 Å². The van der Waals surface area contributed by atoms with Crippen LogP contribution >= 0.6 is 0 Å². The first-order valence-corrected chi connectivity index (χ1v) is 8.51. The Morgan fingerprint density at radius 2 is 2.00 bits per heavy atom. The molecule has 0 aromatic rings. The maximum Gasteiger partial charge on any atom is 0.316 e. The van der Waals surface area contributed by atoms with Gasteiger partial charge in [-0.3, -0.25) is 9.59 Å². The zero-order valence-electron chi connectivity index (χ0n) is 13.9. The highest BCUT2D eigenvalue weighted by Gasteiger charge is 2.61. The van der Waals surface area contributed by atoms with E-state index in [1.807, 2.05) is 0 Å². The number of fused-ring (bicyclic) bond motifs is 3. The quantitative estimate of drug-likeness (QED) is 0.629. The Morgan fingerprint density at radius 3 is 2.64 bits per heavy atom. The molecule has 3 rings (SSSR count). The molecule has 3 unspecified atom stereocenters. The minimum Gasteiger partial charge on any atom is -0.468 e. The van der Waals surface area contributed by atoms with Crippen LogP contribution in [0.4, 0.5) is 0 Å². The smallest absolute Gasteiger partial charge is 0.316 e. The first kappa shape index (κ1) is 15.7. The summed E-state index contributed by atoms with van der Waals surface area (Å²) in [6.07, 6.45) is 5.41. The molecule has 22 heavy (non-hydrogen) atoms.